The Bertz CT molecular complexity index is 423. The van der Waals surface area contributed by atoms with Crippen molar-refractivity contribution in [2.24, 2.45) is 5.92 Å². The Kier molecular flexibility index (Phi) is 6.50. The number of methoxy groups -OCH3 is 2. The Morgan fingerprint density at radius 3 is 2.58 bits per heavy atom. The van der Waals surface area contributed by atoms with E-state index in [4.69, 9.17) is 21.1 Å². The van der Waals surface area contributed by atoms with Gasteiger partial charge in [0, 0.05) is 18.3 Å². The molecule has 0 saturated heterocycles. The molecule has 0 aliphatic carbocycles. The van der Waals surface area contributed by atoms with Crippen molar-refractivity contribution in [3.05, 3.63) is 23.8 Å². The van der Waals surface area contributed by atoms with Gasteiger partial charge in [0.2, 0.25) is 5.91 Å². The maximum atomic E-state index is 11.5. The van der Waals surface area contributed by atoms with Crippen LogP contribution in [0.2, 0.25) is 0 Å². The summed E-state index contributed by atoms with van der Waals surface area (Å²) in [6.07, 6.45) is 0.737. The molecule has 4 nitrogen and oxygen atoms in total. The highest BCUT2D eigenvalue weighted by Crippen LogP contribution is 2.27. The fourth-order valence-electron chi connectivity index (χ4n) is 1.61. The first-order valence-electron chi connectivity index (χ1n) is 6.17. The monoisotopic (exact) mass is 285 g/mol. The molecule has 19 heavy (non-hydrogen) atoms. The lowest BCUT2D eigenvalue weighted by molar-refractivity contribution is -0.123. The summed E-state index contributed by atoms with van der Waals surface area (Å²) in [5.41, 5.74) is 1.08. The van der Waals surface area contributed by atoms with Crippen LogP contribution in [0.5, 0.6) is 11.5 Å². The zero-order valence-electron chi connectivity index (χ0n) is 11.5. The van der Waals surface area contributed by atoms with Crippen molar-refractivity contribution in [2.75, 3.05) is 26.6 Å². The van der Waals surface area contributed by atoms with Crippen LogP contribution < -0.4 is 14.8 Å². The summed E-state index contributed by atoms with van der Waals surface area (Å²) in [6.45, 7) is 2.38. The summed E-state index contributed by atoms with van der Waals surface area (Å²) < 4.78 is 10.4. The largest absolute Gasteiger partial charge is 0.493 e. The maximum Gasteiger partial charge on any atom is 0.224 e. The third-order valence-electron chi connectivity index (χ3n) is 2.84. The number of alkyl halides is 1. The second-order valence-corrected chi connectivity index (χ2v) is 4.59. The lowest BCUT2D eigenvalue weighted by Crippen LogP contribution is -2.31. The van der Waals surface area contributed by atoms with Gasteiger partial charge in [-0.2, -0.15) is 0 Å². The molecule has 0 aliphatic rings. The van der Waals surface area contributed by atoms with E-state index in [0.29, 0.717) is 23.9 Å². The van der Waals surface area contributed by atoms with Crippen LogP contribution in [0.3, 0.4) is 0 Å². The van der Waals surface area contributed by atoms with Gasteiger partial charge in [-0.25, -0.2) is 0 Å². The molecule has 106 valence electrons. The van der Waals surface area contributed by atoms with Gasteiger partial charge in [-0.15, -0.1) is 11.6 Å². The van der Waals surface area contributed by atoms with E-state index in [-0.39, 0.29) is 11.8 Å². The molecule has 0 heterocycles. The van der Waals surface area contributed by atoms with E-state index in [1.165, 1.54) is 0 Å². The number of halogens is 1. The van der Waals surface area contributed by atoms with E-state index in [1.54, 1.807) is 21.1 Å². The second-order valence-electron chi connectivity index (χ2n) is 4.29. The molecule has 1 rings (SSSR count). The average molecular weight is 286 g/mol. The fourth-order valence-corrected chi connectivity index (χ4v) is 1.75. The van der Waals surface area contributed by atoms with E-state index in [2.05, 4.69) is 5.32 Å². The summed E-state index contributed by atoms with van der Waals surface area (Å²) in [7, 11) is 3.21. The number of nitrogens with one attached hydrogen (secondary N) is 1. The first-order chi connectivity index (χ1) is 9.12. The smallest absolute Gasteiger partial charge is 0.224 e. The minimum atomic E-state index is -0.160. The number of hydrogen-bond donors (Lipinski definition) is 1. The van der Waals surface area contributed by atoms with E-state index in [9.17, 15) is 4.79 Å². The van der Waals surface area contributed by atoms with Gasteiger partial charge in [-0.05, 0) is 24.1 Å². The Balaban J connectivity index is 2.52. The van der Waals surface area contributed by atoms with Gasteiger partial charge >= 0.3 is 0 Å². The summed E-state index contributed by atoms with van der Waals surface area (Å²) >= 11 is 5.62. The quantitative estimate of drug-likeness (QED) is 0.782. The zero-order valence-corrected chi connectivity index (χ0v) is 12.3. The van der Waals surface area contributed by atoms with E-state index in [0.717, 1.165) is 12.0 Å². The van der Waals surface area contributed by atoms with Crippen molar-refractivity contribution < 1.29 is 14.3 Å². The fraction of sp³-hybridized carbons (Fsp3) is 0.500. The van der Waals surface area contributed by atoms with E-state index in [1.807, 2.05) is 18.2 Å². The van der Waals surface area contributed by atoms with Crippen LogP contribution in [0.1, 0.15) is 12.5 Å². The van der Waals surface area contributed by atoms with E-state index < -0.39 is 0 Å². The highest BCUT2D eigenvalue weighted by atomic mass is 35.5. The lowest BCUT2D eigenvalue weighted by Gasteiger charge is -2.11. The number of amides is 1. The van der Waals surface area contributed by atoms with Gasteiger partial charge in [0.05, 0.1) is 14.2 Å². The second kappa shape index (κ2) is 7.89. The summed E-state index contributed by atoms with van der Waals surface area (Å²) in [5, 5.41) is 2.85. The zero-order chi connectivity index (χ0) is 14.3. The van der Waals surface area contributed by atoms with Crippen LogP contribution >= 0.6 is 11.6 Å². The van der Waals surface area contributed by atoms with Gasteiger partial charge in [0.25, 0.3) is 0 Å². The average Bonchev–Trinajstić information content (AvgIpc) is 2.45. The molecule has 0 saturated carbocycles. The van der Waals surface area contributed by atoms with Crippen molar-refractivity contribution in [3.8, 4) is 11.5 Å². The highest BCUT2D eigenvalue weighted by molar-refractivity contribution is 6.19. The molecule has 0 radical (unpaired) electrons. The number of rotatable bonds is 7. The molecule has 0 aliphatic heterocycles. The van der Waals surface area contributed by atoms with Crippen LogP contribution in [0.15, 0.2) is 18.2 Å². The van der Waals surface area contributed by atoms with Crippen LogP contribution in [0, 0.1) is 5.92 Å². The van der Waals surface area contributed by atoms with Crippen LogP contribution in [-0.2, 0) is 11.2 Å². The number of carbonyl (C=O) groups excluding carboxylic acids is 1. The molecular formula is C14H20ClNO3. The molecule has 0 spiro atoms. The minimum Gasteiger partial charge on any atom is -0.493 e. The molecule has 1 aromatic carbocycles. The van der Waals surface area contributed by atoms with Crippen LogP contribution in [0.25, 0.3) is 0 Å². The molecule has 1 unspecified atom stereocenters. The minimum absolute atomic E-state index is 0.0181. The van der Waals surface area contributed by atoms with Gasteiger partial charge in [-0.1, -0.05) is 13.0 Å². The third-order valence-corrected chi connectivity index (χ3v) is 3.30. The van der Waals surface area contributed by atoms with Gasteiger partial charge in [-0.3, -0.25) is 4.79 Å². The van der Waals surface area contributed by atoms with Crippen molar-refractivity contribution in [3.63, 3.8) is 0 Å². The molecule has 1 aromatic rings. The molecule has 1 amide bonds. The Labute approximate surface area is 119 Å². The third kappa shape index (κ3) is 4.63. The van der Waals surface area contributed by atoms with Crippen molar-refractivity contribution >= 4 is 17.5 Å². The number of hydrogen-bond acceptors (Lipinski definition) is 3. The first-order valence-corrected chi connectivity index (χ1v) is 6.70. The standard InChI is InChI=1S/C14H20ClNO3/c1-10(9-15)14(17)16-7-6-11-4-5-12(18-2)13(8-11)19-3/h4-5,8,10H,6-7,9H2,1-3H3,(H,16,17). The number of benzene rings is 1. The molecule has 1 N–H and O–H groups in total. The first kappa shape index (κ1) is 15.6. The predicted molar refractivity (Wildman–Crippen MR) is 76.1 cm³/mol. The number of carbonyl (C=O) groups is 1. The molecular weight excluding hydrogens is 266 g/mol. The van der Waals surface area contributed by atoms with E-state index >= 15 is 0 Å². The Hall–Kier alpha value is -1.42. The Morgan fingerprint density at radius 1 is 1.32 bits per heavy atom. The Morgan fingerprint density at radius 2 is 2.00 bits per heavy atom. The molecule has 1 atom stereocenters. The summed E-state index contributed by atoms with van der Waals surface area (Å²) in [4.78, 5) is 11.5. The summed E-state index contributed by atoms with van der Waals surface area (Å²) in [5.74, 6) is 1.55. The van der Waals surface area contributed by atoms with Gasteiger partial charge in [0.1, 0.15) is 0 Å². The van der Waals surface area contributed by atoms with Crippen molar-refractivity contribution in [2.45, 2.75) is 13.3 Å². The molecule has 0 aromatic heterocycles. The van der Waals surface area contributed by atoms with Crippen LogP contribution in [-0.4, -0.2) is 32.6 Å². The molecule has 0 bridgehead atoms. The topological polar surface area (TPSA) is 47.6 Å². The highest BCUT2D eigenvalue weighted by Gasteiger charge is 2.10. The number of ether oxygens (including phenoxy) is 2. The molecule has 0 fully saturated rings. The van der Waals surface area contributed by atoms with Crippen molar-refractivity contribution in [1.29, 1.82) is 0 Å². The van der Waals surface area contributed by atoms with Crippen molar-refractivity contribution in [1.82, 2.24) is 5.32 Å². The summed E-state index contributed by atoms with van der Waals surface area (Å²) in [6, 6.07) is 5.73. The SMILES string of the molecule is COc1ccc(CCNC(=O)C(C)CCl)cc1OC. The van der Waals surface area contributed by atoms with Gasteiger partial charge in [0.15, 0.2) is 11.5 Å². The lowest BCUT2D eigenvalue weighted by atomic mass is 10.1. The molecule has 5 heteroatoms. The maximum absolute atomic E-state index is 11.5. The predicted octanol–water partition coefficient (Wildman–Crippen LogP) is 2.24. The van der Waals surface area contributed by atoms with Crippen LogP contribution in [0.4, 0.5) is 0 Å². The van der Waals surface area contributed by atoms with Gasteiger partial charge < -0.3 is 14.8 Å². The normalized spacial score (nSPS) is 11.8.